The number of methoxy groups -OCH3 is 1. The highest BCUT2D eigenvalue weighted by Crippen LogP contribution is 2.35. The number of carbonyl (C=O) groups is 2. The highest BCUT2D eigenvalue weighted by molar-refractivity contribution is 5.80. The number of hydrogen-bond acceptors (Lipinski definition) is 4. The fraction of sp³-hybridized carbons (Fsp3) is 0.846. The number of ether oxygens (including phenoxy) is 1. The van der Waals surface area contributed by atoms with Crippen LogP contribution in [0.2, 0.25) is 0 Å². The molecule has 0 radical (unpaired) electrons. The maximum Gasteiger partial charge on any atom is 0.321 e. The van der Waals surface area contributed by atoms with E-state index in [9.17, 15) is 14.7 Å². The summed E-state index contributed by atoms with van der Waals surface area (Å²) in [5, 5.41) is 12.1. The molecular weight excluding hydrogens is 248 g/mol. The zero-order chi connectivity index (χ0) is 14.5. The van der Waals surface area contributed by atoms with Crippen LogP contribution in [0.25, 0.3) is 0 Å². The van der Waals surface area contributed by atoms with Crippen molar-refractivity contribution in [2.45, 2.75) is 32.7 Å². The van der Waals surface area contributed by atoms with Crippen molar-refractivity contribution in [1.82, 2.24) is 10.2 Å². The first-order valence-electron chi connectivity index (χ1n) is 6.61. The number of nitrogens with zero attached hydrogens (tertiary/aromatic N) is 1. The predicted octanol–water partition coefficient (Wildman–Crippen LogP) is 0.324. The van der Waals surface area contributed by atoms with Crippen LogP contribution in [0.15, 0.2) is 0 Å². The Bertz CT molecular complexity index is 331. The van der Waals surface area contributed by atoms with Crippen LogP contribution in [0.3, 0.4) is 0 Å². The first-order chi connectivity index (χ1) is 8.88. The second kappa shape index (κ2) is 6.86. The lowest BCUT2D eigenvalue weighted by molar-refractivity contribution is -0.151. The van der Waals surface area contributed by atoms with Gasteiger partial charge in [0.05, 0.1) is 13.2 Å². The van der Waals surface area contributed by atoms with Gasteiger partial charge >= 0.3 is 5.97 Å². The molecule has 0 aromatic rings. The van der Waals surface area contributed by atoms with Gasteiger partial charge in [0, 0.05) is 13.7 Å². The van der Waals surface area contributed by atoms with Crippen molar-refractivity contribution >= 4 is 11.9 Å². The number of carbonyl (C=O) groups excluding carboxylic acids is 1. The van der Waals surface area contributed by atoms with E-state index < -0.39 is 12.0 Å². The highest BCUT2D eigenvalue weighted by atomic mass is 16.5. The number of amides is 1. The molecule has 19 heavy (non-hydrogen) atoms. The van der Waals surface area contributed by atoms with Crippen LogP contribution in [0, 0.1) is 5.41 Å². The average molecular weight is 272 g/mol. The molecule has 0 aromatic heterocycles. The van der Waals surface area contributed by atoms with Gasteiger partial charge in [-0.3, -0.25) is 14.5 Å². The molecule has 0 spiro atoms. The zero-order valence-corrected chi connectivity index (χ0v) is 11.9. The van der Waals surface area contributed by atoms with E-state index in [0.29, 0.717) is 19.7 Å². The third-order valence-electron chi connectivity index (χ3n) is 3.58. The van der Waals surface area contributed by atoms with Crippen LogP contribution in [0.4, 0.5) is 0 Å². The smallest absolute Gasteiger partial charge is 0.321 e. The molecule has 1 saturated heterocycles. The maximum absolute atomic E-state index is 11.8. The van der Waals surface area contributed by atoms with Gasteiger partial charge in [0.1, 0.15) is 6.04 Å². The molecule has 2 N–H and O–H groups in total. The minimum atomic E-state index is -0.852. The van der Waals surface area contributed by atoms with E-state index in [1.54, 1.807) is 12.0 Å². The number of aliphatic carboxylic acids is 1. The lowest BCUT2D eigenvalue weighted by atomic mass is 9.76. The summed E-state index contributed by atoms with van der Waals surface area (Å²) in [6.45, 7) is 5.58. The van der Waals surface area contributed by atoms with E-state index in [1.165, 1.54) is 0 Å². The van der Waals surface area contributed by atoms with E-state index in [2.05, 4.69) is 5.32 Å². The third-order valence-corrected chi connectivity index (χ3v) is 3.58. The van der Waals surface area contributed by atoms with Gasteiger partial charge in [-0.1, -0.05) is 13.8 Å². The van der Waals surface area contributed by atoms with Gasteiger partial charge in [0.15, 0.2) is 0 Å². The minimum absolute atomic E-state index is 0.129. The first-order valence-corrected chi connectivity index (χ1v) is 6.61. The molecule has 0 aliphatic carbocycles. The molecule has 0 bridgehead atoms. The summed E-state index contributed by atoms with van der Waals surface area (Å²) < 4.78 is 4.85. The number of nitrogens with one attached hydrogen (secondary N) is 1. The lowest BCUT2D eigenvalue weighted by Gasteiger charge is -2.43. The lowest BCUT2D eigenvalue weighted by Crippen LogP contribution is -2.56. The van der Waals surface area contributed by atoms with Crippen molar-refractivity contribution in [2.24, 2.45) is 5.41 Å². The van der Waals surface area contributed by atoms with Crippen LogP contribution in [-0.2, 0) is 14.3 Å². The number of hydrogen-bond donors (Lipinski definition) is 2. The highest BCUT2D eigenvalue weighted by Gasteiger charge is 2.42. The molecule has 1 fully saturated rings. The molecule has 1 unspecified atom stereocenters. The first kappa shape index (κ1) is 15.9. The monoisotopic (exact) mass is 272 g/mol. The van der Waals surface area contributed by atoms with Gasteiger partial charge in [-0.25, -0.2) is 0 Å². The molecule has 1 heterocycles. The standard InChI is InChI=1S/C13H24N2O4/c1-13(2)5-4-7-15(11(13)12(17)18)9-10(16)14-6-8-19-3/h11H,4-9H2,1-3H3,(H,14,16)(H,17,18). The van der Waals surface area contributed by atoms with E-state index in [1.807, 2.05) is 13.8 Å². The van der Waals surface area contributed by atoms with Crippen LogP contribution in [0.5, 0.6) is 0 Å². The molecule has 1 aliphatic heterocycles. The van der Waals surface area contributed by atoms with E-state index in [0.717, 1.165) is 12.8 Å². The summed E-state index contributed by atoms with van der Waals surface area (Å²) in [7, 11) is 1.57. The molecule has 0 saturated carbocycles. The van der Waals surface area contributed by atoms with Crippen LogP contribution >= 0.6 is 0 Å². The van der Waals surface area contributed by atoms with Crippen molar-refractivity contribution in [1.29, 1.82) is 0 Å². The van der Waals surface area contributed by atoms with Gasteiger partial charge in [-0.05, 0) is 24.8 Å². The largest absolute Gasteiger partial charge is 0.480 e. The van der Waals surface area contributed by atoms with E-state index >= 15 is 0 Å². The minimum Gasteiger partial charge on any atom is -0.480 e. The SMILES string of the molecule is COCCNC(=O)CN1CCCC(C)(C)C1C(=O)O. The fourth-order valence-electron chi connectivity index (χ4n) is 2.69. The summed E-state index contributed by atoms with van der Waals surface area (Å²) >= 11 is 0. The van der Waals surface area contributed by atoms with Crippen LogP contribution < -0.4 is 5.32 Å². The summed E-state index contributed by atoms with van der Waals surface area (Å²) in [6, 6.07) is -0.602. The number of rotatable bonds is 6. The van der Waals surface area contributed by atoms with E-state index in [-0.39, 0.29) is 17.9 Å². The summed E-state index contributed by atoms with van der Waals surface area (Å²) in [5.74, 6) is -1.00. The number of likely N-dealkylation sites (tertiary alicyclic amines) is 1. The molecule has 1 aliphatic rings. The zero-order valence-electron chi connectivity index (χ0n) is 11.9. The predicted molar refractivity (Wildman–Crippen MR) is 70.9 cm³/mol. The second-order valence-electron chi connectivity index (χ2n) is 5.65. The van der Waals surface area contributed by atoms with Gasteiger partial charge < -0.3 is 15.2 Å². The summed E-state index contributed by atoms with van der Waals surface area (Å²) in [5.41, 5.74) is -0.309. The molecule has 6 nitrogen and oxygen atoms in total. The van der Waals surface area contributed by atoms with Gasteiger partial charge in [-0.15, -0.1) is 0 Å². The molecule has 1 rings (SSSR count). The van der Waals surface area contributed by atoms with E-state index in [4.69, 9.17) is 4.74 Å². The molecule has 1 amide bonds. The Balaban J connectivity index is 2.59. The van der Waals surface area contributed by atoms with Crippen molar-refractivity contribution < 1.29 is 19.4 Å². The topological polar surface area (TPSA) is 78.9 Å². The fourth-order valence-corrected chi connectivity index (χ4v) is 2.69. The number of carboxylic acids is 1. The van der Waals surface area contributed by atoms with Crippen molar-refractivity contribution in [3.05, 3.63) is 0 Å². The maximum atomic E-state index is 11.8. The molecule has 0 aromatic carbocycles. The second-order valence-corrected chi connectivity index (χ2v) is 5.65. The molecule has 1 atom stereocenters. The Morgan fingerprint density at radius 1 is 1.47 bits per heavy atom. The third kappa shape index (κ3) is 4.47. The van der Waals surface area contributed by atoms with Crippen LogP contribution in [0.1, 0.15) is 26.7 Å². The Morgan fingerprint density at radius 2 is 2.16 bits per heavy atom. The number of piperidine rings is 1. The van der Waals surface area contributed by atoms with Gasteiger partial charge in [0.25, 0.3) is 0 Å². The Morgan fingerprint density at radius 3 is 2.74 bits per heavy atom. The molecule has 6 heteroatoms. The van der Waals surface area contributed by atoms with Crippen LogP contribution in [-0.4, -0.2) is 61.3 Å². The van der Waals surface area contributed by atoms with Gasteiger partial charge in [0.2, 0.25) is 5.91 Å². The molecular formula is C13H24N2O4. The average Bonchev–Trinajstić information content (AvgIpc) is 2.27. The Kier molecular flexibility index (Phi) is 5.75. The Hall–Kier alpha value is -1.14. The summed E-state index contributed by atoms with van der Waals surface area (Å²) in [4.78, 5) is 25.0. The number of carboxylic acid groups (broad SMARTS) is 1. The summed E-state index contributed by atoms with van der Waals surface area (Å²) in [6.07, 6.45) is 1.79. The van der Waals surface area contributed by atoms with Crippen molar-refractivity contribution in [3.63, 3.8) is 0 Å². The van der Waals surface area contributed by atoms with Crippen molar-refractivity contribution in [2.75, 3.05) is 33.4 Å². The normalized spacial score (nSPS) is 23.0. The van der Waals surface area contributed by atoms with Gasteiger partial charge in [-0.2, -0.15) is 0 Å². The quantitative estimate of drug-likeness (QED) is 0.681. The van der Waals surface area contributed by atoms with Crippen molar-refractivity contribution in [3.8, 4) is 0 Å². The Labute approximate surface area is 114 Å². The molecule has 110 valence electrons.